The molecule has 0 aliphatic carbocycles. The summed E-state index contributed by atoms with van der Waals surface area (Å²) in [6.45, 7) is 2.57. The lowest BCUT2D eigenvalue weighted by atomic mass is 10.0. The lowest BCUT2D eigenvalue weighted by Gasteiger charge is -2.17. The predicted octanol–water partition coefficient (Wildman–Crippen LogP) is 3.36. The average molecular weight is 394 g/mol. The molecular formula is C22H26N4O3. The first-order valence-electron chi connectivity index (χ1n) is 10.2. The van der Waals surface area contributed by atoms with Crippen molar-refractivity contribution >= 4 is 29.0 Å². The van der Waals surface area contributed by atoms with Crippen LogP contribution in [-0.2, 0) is 16.0 Å². The number of nitrogens with one attached hydrogen (secondary N) is 2. The van der Waals surface area contributed by atoms with E-state index in [0.717, 1.165) is 48.0 Å². The Bertz CT molecular complexity index is 876. The summed E-state index contributed by atoms with van der Waals surface area (Å²) in [5.41, 5.74) is 2.66. The molecular weight excluding hydrogens is 368 g/mol. The summed E-state index contributed by atoms with van der Waals surface area (Å²) >= 11 is 0. The Morgan fingerprint density at radius 2 is 2.03 bits per heavy atom. The minimum Gasteiger partial charge on any atom is -0.494 e. The number of hydrogen-bond donors (Lipinski definition) is 2. The summed E-state index contributed by atoms with van der Waals surface area (Å²) < 4.78 is 5.76. The molecule has 2 aliphatic rings. The topological polar surface area (TPSA) is 83.6 Å². The number of amides is 2. The summed E-state index contributed by atoms with van der Waals surface area (Å²) in [6.07, 6.45) is 6.38. The Hall–Kier alpha value is -3.09. The SMILES string of the molecule is O=C(CCCOc1ccc2c(c1)CCC(=O)N2)Nc1ccc(N2CCCC2)nc1. The molecule has 1 saturated heterocycles. The number of fused-ring (bicyclic) bond motifs is 1. The second-order valence-electron chi connectivity index (χ2n) is 7.47. The number of nitrogens with zero attached hydrogens (tertiary/aromatic N) is 2. The van der Waals surface area contributed by atoms with Gasteiger partial charge in [-0.1, -0.05) is 0 Å². The number of aromatic nitrogens is 1. The molecule has 2 aromatic rings. The van der Waals surface area contributed by atoms with E-state index in [-0.39, 0.29) is 11.8 Å². The van der Waals surface area contributed by atoms with Crippen molar-refractivity contribution in [3.05, 3.63) is 42.1 Å². The number of carbonyl (C=O) groups excluding carboxylic acids is 2. The first-order chi connectivity index (χ1) is 14.2. The molecule has 7 nitrogen and oxygen atoms in total. The van der Waals surface area contributed by atoms with Crippen LogP contribution in [0.2, 0.25) is 0 Å². The van der Waals surface area contributed by atoms with Crippen LogP contribution in [0.1, 0.15) is 37.7 Å². The van der Waals surface area contributed by atoms with Crippen molar-refractivity contribution in [1.29, 1.82) is 0 Å². The van der Waals surface area contributed by atoms with Crippen LogP contribution in [-0.4, -0.2) is 36.5 Å². The van der Waals surface area contributed by atoms with E-state index in [9.17, 15) is 9.59 Å². The highest BCUT2D eigenvalue weighted by molar-refractivity contribution is 5.94. The van der Waals surface area contributed by atoms with Gasteiger partial charge in [0.05, 0.1) is 18.5 Å². The molecule has 7 heteroatoms. The number of aryl methyl sites for hydroxylation is 1. The first kappa shape index (κ1) is 19.2. The summed E-state index contributed by atoms with van der Waals surface area (Å²) in [6, 6.07) is 9.54. The third-order valence-electron chi connectivity index (χ3n) is 5.25. The highest BCUT2D eigenvalue weighted by atomic mass is 16.5. The molecule has 2 aliphatic heterocycles. The van der Waals surface area contributed by atoms with E-state index in [1.807, 2.05) is 30.3 Å². The minimum atomic E-state index is -0.0440. The maximum absolute atomic E-state index is 12.1. The number of hydrogen-bond acceptors (Lipinski definition) is 5. The van der Waals surface area contributed by atoms with E-state index in [2.05, 4.69) is 20.5 Å². The Labute approximate surface area is 170 Å². The summed E-state index contributed by atoms with van der Waals surface area (Å²) in [4.78, 5) is 30.3. The van der Waals surface area contributed by atoms with Gasteiger partial charge in [-0.25, -0.2) is 4.98 Å². The molecule has 0 spiro atoms. The molecule has 1 fully saturated rings. The van der Waals surface area contributed by atoms with Crippen molar-refractivity contribution in [2.45, 2.75) is 38.5 Å². The number of benzene rings is 1. The number of rotatable bonds is 7. The molecule has 29 heavy (non-hydrogen) atoms. The molecule has 3 heterocycles. The normalized spacial score (nSPS) is 15.6. The van der Waals surface area contributed by atoms with Crippen molar-refractivity contribution in [2.75, 3.05) is 35.2 Å². The van der Waals surface area contributed by atoms with Crippen LogP contribution in [0.5, 0.6) is 5.75 Å². The van der Waals surface area contributed by atoms with Gasteiger partial charge >= 0.3 is 0 Å². The number of ether oxygens (including phenoxy) is 1. The van der Waals surface area contributed by atoms with E-state index in [1.54, 1.807) is 6.20 Å². The van der Waals surface area contributed by atoms with Crippen molar-refractivity contribution < 1.29 is 14.3 Å². The fraction of sp³-hybridized carbons (Fsp3) is 0.409. The van der Waals surface area contributed by atoms with Gasteiger partial charge in [-0.3, -0.25) is 9.59 Å². The van der Waals surface area contributed by atoms with Gasteiger partial charge in [0.15, 0.2) is 0 Å². The van der Waals surface area contributed by atoms with Gasteiger partial charge < -0.3 is 20.3 Å². The molecule has 0 unspecified atom stereocenters. The first-order valence-corrected chi connectivity index (χ1v) is 10.2. The van der Waals surface area contributed by atoms with Gasteiger partial charge in [-0.2, -0.15) is 0 Å². The maximum Gasteiger partial charge on any atom is 0.224 e. The van der Waals surface area contributed by atoms with E-state index >= 15 is 0 Å². The number of anilines is 3. The average Bonchev–Trinajstić information content (AvgIpc) is 3.27. The van der Waals surface area contributed by atoms with Gasteiger partial charge in [-0.05, 0) is 61.6 Å². The second kappa shape index (κ2) is 8.94. The smallest absolute Gasteiger partial charge is 0.224 e. The van der Waals surface area contributed by atoms with Gasteiger partial charge in [0.25, 0.3) is 0 Å². The van der Waals surface area contributed by atoms with Crippen LogP contribution in [0.15, 0.2) is 36.5 Å². The molecule has 4 rings (SSSR count). The fourth-order valence-electron chi connectivity index (χ4n) is 3.69. The quantitative estimate of drug-likeness (QED) is 0.704. The van der Waals surface area contributed by atoms with Crippen molar-refractivity contribution in [1.82, 2.24) is 4.98 Å². The Balaban J connectivity index is 1.19. The predicted molar refractivity (Wildman–Crippen MR) is 112 cm³/mol. The zero-order valence-corrected chi connectivity index (χ0v) is 16.4. The Morgan fingerprint density at radius 1 is 1.17 bits per heavy atom. The standard InChI is InChI=1S/C22H26N4O3/c27-21(24-17-6-9-20(23-15-17)26-11-1-2-12-26)4-3-13-29-18-7-8-19-16(14-18)5-10-22(28)25-19/h6-9,14-15H,1-5,10-13H2,(H,24,27)(H,25,28). The largest absolute Gasteiger partial charge is 0.494 e. The van der Waals surface area contributed by atoms with Gasteiger partial charge in [-0.15, -0.1) is 0 Å². The summed E-state index contributed by atoms with van der Waals surface area (Å²) in [5, 5.41) is 5.74. The van der Waals surface area contributed by atoms with Crippen molar-refractivity contribution in [3.63, 3.8) is 0 Å². The maximum atomic E-state index is 12.1. The van der Waals surface area contributed by atoms with Gasteiger partial charge in [0.2, 0.25) is 11.8 Å². The molecule has 152 valence electrons. The monoisotopic (exact) mass is 394 g/mol. The van der Waals surface area contributed by atoms with Gasteiger partial charge in [0, 0.05) is 31.6 Å². The van der Waals surface area contributed by atoms with E-state index in [0.29, 0.717) is 25.9 Å². The lowest BCUT2D eigenvalue weighted by molar-refractivity contribution is -0.117. The van der Waals surface area contributed by atoms with Crippen LogP contribution < -0.4 is 20.3 Å². The molecule has 2 N–H and O–H groups in total. The molecule has 0 saturated carbocycles. The molecule has 1 aromatic heterocycles. The van der Waals surface area contributed by atoms with E-state index in [4.69, 9.17) is 4.74 Å². The summed E-state index contributed by atoms with van der Waals surface area (Å²) in [7, 11) is 0. The molecule has 1 aromatic carbocycles. The molecule has 0 atom stereocenters. The highest BCUT2D eigenvalue weighted by Crippen LogP contribution is 2.27. The number of pyridine rings is 1. The van der Waals surface area contributed by atoms with Crippen LogP contribution in [0.4, 0.5) is 17.2 Å². The van der Waals surface area contributed by atoms with E-state index < -0.39 is 0 Å². The van der Waals surface area contributed by atoms with Gasteiger partial charge in [0.1, 0.15) is 11.6 Å². The highest BCUT2D eigenvalue weighted by Gasteiger charge is 2.15. The van der Waals surface area contributed by atoms with Crippen LogP contribution in [0, 0.1) is 0 Å². The second-order valence-corrected chi connectivity index (χ2v) is 7.47. The zero-order chi connectivity index (χ0) is 20.1. The third kappa shape index (κ3) is 5.04. The minimum absolute atomic E-state index is 0.0440. The lowest BCUT2D eigenvalue weighted by Crippen LogP contribution is -2.19. The Kier molecular flexibility index (Phi) is 5.93. The molecule has 0 radical (unpaired) electrons. The molecule has 0 bridgehead atoms. The fourth-order valence-corrected chi connectivity index (χ4v) is 3.69. The summed E-state index contributed by atoms with van der Waals surface area (Å²) in [5.74, 6) is 1.75. The van der Waals surface area contributed by atoms with Crippen LogP contribution in [0.25, 0.3) is 0 Å². The third-order valence-corrected chi connectivity index (χ3v) is 5.25. The molecule has 2 amide bonds. The van der Waals surface area contributed by atoms with Crippen molar-refractivity contribution in [2.24, 2.45) is 0 Å². The van der Waals surface area contributed by atoms with Crippen LogP contribution in [0.3, 0.4) is 0 Å². The van der Waals surface area contributed by atoms with Crippen molar-refractivity contribution in [3.8, 4) is 5.75 Å². The Morgan fingerprint density at radius 3 is 2.83 bits per heavy atom. The van der Waals surface area contributed by atoms with Crippen LogP contribution >= 0.6 is 0 Å². The number of carbonyl (C=O) groups is 2. The zero-order valence-electron chi connectivity index (χ0n) is 16.4. The van der Waals surface area contributed by atoms with E-state index in [1.165, 1.54) is 12.8 Å².